The zero-order valence-corrected chi connectivity index (χ0v) is 18.5. The van der Waals surface area contributed by atoms with Gasteiger partial charge in [0.25, 0.3) is 0 Å². The van der Waals surface area contributed by atoms with Crippen LogP contribution in [0.3, 0.4) is 0 Å². The first-order valence-corrected chi connectivity index (χ1v) is 10.4. The molecule has 8 heteroatoms. The summed E-state index contributed by atoms with van der Waals surface area (Å²) in [6.45, 7) is 3.52. The largest absolute Gasteiger partial charge is 0.316 e. The van der Waals surface area contributed by atoms with Gasteiger partial charge in [0.1, 0.15) is 0 Å². The Morgan fingerprint density at radius 3 is 2.53 bits per heavy atom. The maximum absolute atomic E-state index is 12.9. The number of amides is 1. The van der Waals surface area contributed by atoms with E-state index in [2.05, 4.69) is 11.1 Å². The van der Waals surface area contributed by atoms with E-state index in [1.165, 1.54) is 18.0 Å². The van der Waals surface area contributed by atoms with Crippen LogP contribution < -0.4 is 4.90 Å². The number of anilines is 1. The van der Waals surface area contributed by atoms with E-state index >= 15 is 0 Å². The van der Waals surface area contributed by atoms with E-state index in [1.54, 1.807) is 6.07 Å². The van der Waals surface area contributed by atoms with Gasteiger partial charge in [-0.05, 0) is 36.1 Å². The highest BCUT2D eigenvalue weighted by Crippen LogP contribution is 2.35. The molecule has 0 atom stereocenters. The molecule has 3 aromatic rings. The minimum atomic E-state index is -0.558. The van der Waals surface area contributed by atoms with E-state index in [-0.39, 0.29) is 41.0 Å². The summed E-state index contributed by atoms with van der Waals surface area (Å²) in [5.74, 6) is -0.280. The number of carbonyl (C=O) groups is 1. The third-order valence-electron chi connectivity index (χ3n) is 5.08. The van der Waals surface area contributed by atoms with Crippen molar-refractivity contribution in [2.75, 3.05) is 4.90 Å². The first-order valence-electron chi connectivity index (χ1n) is 10.1. The highest BCUT2D eigenvalue weighted by atomic mass is 35.5. The number of rotatable bonds is 7. The van der Waals surface area contributed by atoms with E-state index < -0.39 is 4.92 Å². The molecule has 1 heterocycles. The second kappa shape index (κ2) is 10.0. The summed E-state index contributed by atoms with van der Waals surface area (Å²) in [5.41, 5.74) is 3.00. The van der Waals surface area contributed by atoms with E-state index in [1.807, 2.05) is 49.4 Å². The Morgan fingerprint density at radius 2 is 1.91 bits per heavy atom. The van der Waals surface area contributed by atoms with Gasteiger partial charge >= 0.3 is 5.69 Å². The zero-order chi connectivity index (χ0) is 23.3. The van der Waals surface area contributed by atoms with Crippen molar-refractivity contribution in [2.45, 2.75) is 33.2 Å². The van der Waals surface area contributed by atoms with Crippen LogP contribution in [0, 0.1) is 28.4 Å². The van der Waals surface area contributed by atoms with Gasteiger partial charge < -0.3 is 0 Å². The number of nitriles is 1. The summed E-state index contributed by atoms with van der Waals surface area (Å²) in [6.07, 6.45) is 2.15. The smallest absolute Gasteiger partial charge is 0.287 e. The fourth-order valence-corrected chi connectivity index (χ4v) is 3.55. The van der Waals surface area contributed by atoms with Crippen molar-refractivity contribution in [3.05, 3.63) is 86.6 Å². The number of aromatic nitrogens is 1. The van der Waals surface area contributed by atoms with Crippen molar-refractivity contribution in [1.82, 2.24) is 4.98 Å². The predicted molar refractivity (Wildman–Crippen MR) is 123 cm³/mol. The molecule has 0 aliphatic carbocycles. The number of halogens is 1. The van der Waals surface area contributed by atoms with Crippen LogP contribution in [0.2, 0.25) is 5.02 Å². The van der Waals surface area contributed by atoms with E-state index in [0.717, 1.165) is 16.7 Å². The van der Waals surface area contributed by atoms with Gasteiger partial charge in [-0.15, -0.1) is 0 Å². The molecule has 0 spiro atoms. The fraction of sp³-hybridized carbons (Fsp3) is 0.208. The molecule has 1 amide bonds. The highest BCUT2D eigenvalue weighted by molar-refractivity contribution is 6.31. The Hall–Kier alpha value is -3.76. The molecule has 32 heavy (non-hydrogen) atoms. The van der Waals surface area contributed by atoms with Gasteiger partial charge in [0.15, 0.2) is 0 Å². The number of carbonyl (C=O) groups excluding carboxylic acids is 1. The third kappa shape index (κ3) is 4.76. The summed E-state index contributed by atoms with van der Waals surface area (Å²) in [5, 5.41) is 21.2. The van der Waals surface area contributed by atoms with Gasteiger partial charge in [-0.3, -0.25) is 19.8 Å². The minimum absolute atomic E-state index is 0.0192. The van der Waals surface area contributed by atoms with Crippen molar-refractivity contribution >= 4 is 29.0 Å². The van der Waals surface area contributed by atoms with Gasteiger partial charge in [0.05, 0.1) is 33.7 Å². The quantitative estimate of drug-likeness (QED) is 0.334. The van der Waals surface area contributed by atoms with Crippen LogP contribution in [-0.2, 0) is 11.3 Å². The molecule has 0 fully saturated rings. The van der Waals surface area contributed by atoms with Crippen molar-refractivity contribution in [3.8, 4) is 17.2 Å². The molecule has 162 valence electrons. The van der Waals surface area contributed by atoms with Gasteiger partial charge in [-0.25, -0.2) is 4.98 Å². The monoisotopic (exact) mass is 448 g/mol. The number of hydrogen-bond acceptors (Lipinski definition) is 5. The molecule has 0 aliphatic rings. The van der Waals surface area contributed by atoms with Crippen LogP contribution in [0.25, 0.3) is 11.1 Å². The summed E-state index contributed by atoms with van der Waals surface area (Å²) in [6, 6.07) is 16.9. The molecule has 0 saturated heterocycles. The standard InChI is InChI=1S/C24H21ClN4O3/c1-3-6-22(30)28(24-23(29(31)32)16(2)21(25)14-27-24)15-17-9-11-18(12-10-17)20-8-5-4-7-19(20)13-26/h4-5,7-12,14H,3,6,15H2,1-2H3. The molecule has 0 unspecified atom stereocenters. The van der Waals surface area contributed by atoms with E-state index in [9.17, 15) is 20.2 Å². The summed E-state index contributed by atoms with van der Waals surface area (Å²) >= 11 is 6.04. The second-order valence-corrected chi connectivity index (χ2v) is 7.65. The SMILES string of the molecule is CCCC(=O)N(Cc1ccc(-c2ccccc2C#N)cc1)c1ncc(Cl)c(C)c1[N+](=O)[O-]. The molecule has 2 aromatic carbocycles. The summed E-state index contributed by atoms with van der Waals surface area (Å²) in [4.78, 5) is 29.5. The lowest BCUT2D eigenvalue weighted by atomic mass is 9.99. The zero-order valence-electron chi connectivity index (χ0n) is 17.7. The molecule has 0 saturated carbocycles. The molecular formula is C24H21ClN4O3. The number of pyridine rings is 1. The van der Waals surface area contributed by atoms with Gasteiger partial charge in [0, 0.05) is 12.6 Å². The third-order valence-corrected chi connectivity index (χ3v) is 5.46. The maximum atomic E-state index is 12.9. The average Bonchev–Trinajstić information content (AvgIpc) is 2.79. The Balaban J connectivity index is 2.00. The Morgan fingerprint density at radius 1 is 1.22 bits per heavy atom. The Bertz CT molecular complexity index is 1200. The van der Waals surface area contributed by atoms with Crippen molar-refractivity contribution in [2.24, 2.45) is 0 Å². The molecule has 3 rings (SSSR count). The van der Waals surface area contributed by atoms with Crippen LogP contribution >= 0.6 is 11.6 Å². The second-order valence-electron chi connectivity index (χ2n) is 7.24. The first-order chi connectivity index (χ1) is 15.4. The summed E-state index contributed by atoms with van der Waals surface area (Å²) in [7, 11) is 0. The normalized spacial score (nSPS) is 10.4. The van der Waals surface area contributed by atoms with Crippen LogP contribution in [0.15, 0.2) is 54.7 Å². The summed E-state index contributed by atoms with van der Waals surface area (Å²) < 4.78 is 0. The molecule has 7 nitrogen and oxygen atoms in total. The highest BCUT2D eigenvalue weighted by Gasteiger charge is 2.29. The van der Waals surface area contributed by atoms with E-state index in [0.29, 0.717) is 12.0 Å². The molecular weight excluding hydrogens is 428 g/mol. The van der Waals surface area contributed by atoms with Crippen LogP contribution in [-0.4, -0.2) is 15.8 Å². The molecule has 1 aromatic heterocycles. The fourth-order valence-electron chi connectivity index (χ4n) is 3.41. The van der Waals surface area contributed by atoms with Crippen molar-refractivity contribution in [3.63, 3.8) is 0 Å². The minimum Gasteiger partial charge on any atom is -0.287 e. The average molecular weight is 449 g/mol. The number of nitrogens with zero attached hydrogens (tertiary/aromatic N) is 4. The Labute approximate surface area is 191 Å². The number of nitro groups is 1. The lowest BCUT2D eigenvalue weighted by Gasteiger charge is -2.22. The predicted octanol–water partition coefficient (Wildman–Crippen LogP) is 5.82. The van der Waals surface area contributed by atoms with Crippen LogP contribution in [0.5, 0.6) is 0 Å². The van der Waals surface area contributed by atoms with Crippen LogP contribution in [0.1, 0.15) is 36.5 Å². The van der Waals surface area contributed by atoms with Crippen LogP contribution in [0.4, 0.5) is 11.5 Å². The first kappa shape index (κ1) is 22.9. The number of benzene rings is 2. The van der Waals surface area contributed by atoms with Crippen molar-refractivity contribution < 1.29 is 9.72 Å². The lowest BCUT2D eigenvalue weighted by Crippen LogP contribution is -2.31. The van der Waals surface area contributed by atoms with Gasteiger partial charge in [0.2, 0.25) is 11.7 Å². The Kier molecular flexibility index (Phi) is 7.18. The van der Waals surface area contributed by atoms with Crippen molar-refractivity contribution in [1.29, 1.82) is 5.26 Å². The van der Waals surface area contributed by atoms with Gasteiger partial charge in [-0.1, -0.05) is 61.0 Å². The number of hydrogen-bond donors (Lipinski definition) is 0. The maximum Gasteiger partial charge on any atom is 0.316 e. The molecule has 0 N–H and O–H groups in total. The molecule has 0 aliphatic heterocycles. The van der Waals surface area contributed by atoms with Gasteiger partial charge in [-0.2, -0.15) is 5.26 Å². The molecule has 0 bridgehead atoms. The van der Waals surface area contributed by atoms with E-state index in [4.69, 9.17) is 11.6 Å². The topological polar surface area (TPSA) is 100 Å². The lowest BCUT2D eigenvalue weighted by molar-refractivity contribution is -0.384. The molecule has 0 radical (unpaired) electrons.